The molecule has 6 heteroatoms. The minimum Gasteiger partial charge on any atom is -0.449 e. The molecule has 0 radical (unpaired) electrons. The van der Waals surface area contributed by atoms with Gasteiger partial charge in [0.1, 0.15) is 5.69 Å². The van der Waals surface area contributed by atoms with E-state index < -0.39 is 0 Å². The number of hydrogen-bond acceptors (Lipinski definition) is 5. The van der Waals surface area contributed by atoms with Crippen LogP contribution in [0.15, 0.2) is 35.2 Å². The van der Waals surface area contributed by atoms with Crippen molar-refractivity contribution in [2.75, 3.05) is 6.61 Å². The highest BCUT2D eigenvalue weighted by atomic mass is 32.1. The molecule has 2 aromatic heterocycles. The van der Waals surface area contributed by atoms with Gasteiger partial charge in [0.15, 0.2) is 5.82 Å². The minimum atomic E-state index is -0.381. The number of hydrogen-bond donors (Lipinski definition) is 0. The third kappa shape index (κ3) is 5.89. The van der Waals surface area contributed by atoms with Crippen LogP contribution >= 0.6 is 11.3 Å². The predicted octanol–water partition coefficient (Wildman–Crippen LogP) is 6.92. The van der Waals surface area contributed by atoms with Gasteiger partial charge in [-0.05, 0) is 24.5 Å². The van der Waals surface area contributed by atoms with Gasteiger partial charge in [0.2, 0.25) is 0 Å². The summed E-state index contributed by atoms with van der Waals surface area (Å²) in [5.74, 6) is 0.893. The first-order valence-corrected chi connectivity index (χ1v) is 11.7. The summed E-state index contributed by atoms with van der Waals surface area (Å²) >= 11 is 1.48. The van der Waals surface area contributed by atoms with Gasteiger partial charge in [0.05, 0.1) is 23.2 Å². The Labute approximate surface area is 177 Å². The molecule has 0 N–H and O–H groups in total. The number of carbonyl (C=O) groups is 1. The molecule has 0 fully saturated rings. The fourth-order valence-electron chi connectivity index (χ4n) is 3.52. The van der Waals surface area contributed by atoms with Gasteiger partial charge in [-0.1, -0.05) is 70.9 Å². The molecule has 0 spiro atoms. The smallest absolute Gasteiger partial charge is 0.420 e. The number of nitrogens with zero attached hydrogens (tertiary/aromatic N) is 3. The lowest BCUT2D eigenvalue weighted by Gasteiger charge is -2.13. The Morgan fingerprint density at radius 3 is 2.66 bits per heavy atom. The van der Waals surface area contributed by atoms with Crippen LogP contribution in [-0.2, 0) is 4.74 Å². The molecule has 156 valence electrons. The van der Waals surface area contributed by atoms with Gasteiger partial charge >= 0.3 is 6.09 Å². The molecule has 0 aliphatic carbocycles. The molecular formula is C23H31N3O2S. The van der Waals surface area contributed by atoms with Crippen LogP contribution in [0.2, 0.25) is 0 Å². The zero-order valence-corrected chi connectivity index (χ0v) is 18.3. The van der Waals surface area contributed by atoms with E-state index >= 15 is 0 Å². The molecule has 0 bridgehead atoms. The number of imidazole rings is 1. The first-order chi connectivity index (χ1) is 14.2. The van der Waals surface area contributed by atoms with E-state index in [0.717, 1.165) is 17.5 Å². The van der Waals surface area contributed by atoms with Gasteiger partial charge in [-0.25, -0.2) is 19.3 Å². The van der Waals surface area contributed by atoms with Crippen molar-refractivity contribution in [1.29, 1.82) is 0 Å². The Kier molecular flexibility index (Phi) is 8.23. The normalized spacial score (nSPS) is 12.3. The van der Waals surface area contributed by atoms with E-state index in [1.54, 1.807) is 10.1 Å². The van der Waals surface area contributed by atoms with Crippen LogP contribution in [-0.4, -0.2) is 27.2 Å². The number of aromatic nitrogens is 3. The largest absolute Gasteiger partial charge is 0.449 e. The van der Waals surface area contributed by atoms with E-state index in [1.807, 2.05) is 29.6 Å². The van der Waals surface area contributed by atoms with Crippen molar-refractivity contribution in [2.24, 2.45) is 5.92 Å². The molecule has 0 amide bonds. The lowest BCUT2D eigenvalue weighted by molar-refractivity contribution is 0.130. The summed E-state index contributed by atoms with van der Waals surface area (Å²) in [6.07, 6.45) is 9.80. The summed E-state index contributed by atoms with van der Waals surface area (Å²) in [6.45, 7) is 4.82. The quantitative estimate of drug-likeness (QED) is 0.320. The summed E-state index contributed by atoms with van der Waals surface area (Å²) in [6, 6.07) is 7.61. The maximum atomic E-state index is 12.9. The highest BCUT2D eigenvalue weighted by Gasteiger charge is 2.20. The Bertz CT molecular complexity index is 889. The van der Waals surface area contributed by atoms with Gasteiger partial charge in [-0.15, -0.1) is 11.3 Å². The Balaban J connectivity index is 1.54. The Morgan fingerprint density at radius 2 is 1.90 bits per heavy atom. The number of rotatable bonds is 11. The number of para-hydroxylation sites is 2. The van der Waals surface area contributed by atoms with E-state index in [0.29, 0.717) is 24.0 Å². The summed E-state index contributed by atoms with van der Waals surface area (Å²) < 4.78 is 7.21. The highest BCUT2D eigenvalue weighted by molar-refractivity contribution is 7.07. The van der Waals surface area contributed by atoms with Gasteiger partial charge in [0.25, 0.3) is 0 Å². The predicted molar refractivity (Wildman–Crippen MR) is 119 cm³/mol. The van der Waals surface area contributed by atoms with Crippen LogP contribution in [0.5, 0.6) is 0 Å². The molecule has 1 unspecified atom stereocenters. The van der Waals surface area contributed by atoms with Gasteiger partial charge in [0, 0.05) is 5.38 Å². The highest BCUT2D eigenvalue weighted by Crippen LogP contribution is 2.25. The topological polar surface area (TPSA) is 57.0 Å². The van der Waals surface area contributed by atoms with Crippen LogP contribution in [0.1, 0.15) is 65.2 Å². The summed E-state index contributed by atoms with van der Waals surface area (Å²) in [5.41, 5.74) is 3.96. The number of thiazole rings is 1. The van der Waals surface area contributed by atoms with E-state index in [4.69, 9.17) is 4.74 Å². The lowest BCUT2D eigenvalue weighted by Crippen LogP contribution is -2.18. The second kappa shape index (κ2) is 11.1. The van der Waals surface area contributed by atoms with Crippen molar-refractivity contribution in [2.45, 2.75) is 65.2 Å². The lowest BCUT2D eigenvalue weighted by atomic mass is 10.0. The van der Waals surface area contributed by atoms with Crippen LogP contribution in [0.4, 0.5) is 4.79 Å². The van der Waals surface area contributed by atoms with Crippen LogP contribution in [0.25, 0.3) is 22.6 Å². The van der Waals surface area contributed by atoms with E-state index in [9.17, 15) is 4.79 Å². The number of fused-ring (bicyclic) bond motifs is 1. The Hall–Kier alpha value is -2.21. The fraction of sp³-hybridized carbons (Fsp3) is 0.522. The van der Waals surface area contributed by atoms with Crippen molar-refractivity contribution in [3.63, 3.8) is 0 Å². The van der Waals surface area contributed by atoms with Crippen LogP contribution in [0, 0.1) is 5.92 Å². The van der Waals surface area contributed by atoms with Crippen molar-refractivity contribution in [1.82, 2.24) is 14.5 Å². The molecule has 2 heterocycles. The number of carbonyl (C=O) groups excluding carboxylic acids is 1. The molecule has 5 nitrogen and oxygen atoms in total. The fourth-order valence-corrected chi connectivity index (χ4v) is 4.05. The zero-order valence-electron chi connectivity index (χ0n) is 17.5. The number of ether oxygens (including phenoxy) is 1. The second-order valence-corrected chi connectivity index (χ2v) is 8.44. The van der Waals surface area contributed by atoms with E-state index in [1.165, 1.54) is 56.3 Å². The monoisotopic (exact) mass is 413 g/mol. The molecular weight excluding hydrogens is 382 g/mol. The maximum absolute atomic E-state index is 12.9. The van der Waals surface area contributed by atoms with Gasteiger partial charge in [-0.3, -0.25) is 0 Å². The maximum Gasteiger partial charge on any atom is 0.420 e. The van der Waals surface area contributed by atoms with Crippen molar-refractivity contribution in [3.05, 3.63) is 35.2 Å². The summed E-state index contributed by atoms with van der Waals surface area (Å²) in [5, 5.41) is 1.90. The Morgan fingerprint density at radius 1 is 1.14 bits per heavy atom. The third-order valence-corrected chi connectivity index (χ3v) is 5.78. The SMILES string of the molecule is CCCCCCCCCC(C)COC(=O)n1c(-c2cscn2)nc2ccccc21. The van der Waals surface area contributed by atoms with Gasteiger partial charge < -0.3 is 4.74 Å². The molecule has 1 atom stereocenters. The third-order valence-electron chi connectivity index (χ3n) is 5.20. The zero-order chi connectivity index (χ0) is 20.5. The van der Waals surface area contributed by atoms with Crippen molar-refractivity contribution < 1.29 is 9.53 Å². The first-order valence-electron chi connectivity index (χ1n) is 10.7. The van der Waals surface area contributed by atoms with E-state index in [-0.39, 0.29) is 6.09 Å². The average molecular weight is 414 g/mol. The molecule has 29 heavy (non-hydrogen) atoms. The molecule has 0 saturated heterocycles. The van der Waals surface area contributed by atoms with Gasteiger partial charge in [-0.2, -0.15) is 0 Å². The number of benzene rings is 1. The molecule has 3 aromatic rings. The van der Waals surface area contributed by atoms with Crippen molar-refractivity contribution >= 4 is 28.5 Å². The van der Waals surface area contributed by atoms with Crippen LogP contribution in [0.3, 0.4) is 0 Å². The van der Waals surface area contributed by atoms with Crippen LogP contribution < -0.4 is 0 Å². The molecule has 0 saturated carbocycles. The average Bonchev–Trinajstić information content (AvgIpc) is 3.39. The minimum absolute atomic E-state index is 0.354. The molecule has 0 aliphatic rings. The summed E-state index contributed by atoms with van der Waals surface area (Å²) in [7, 11) is 0. The first kappa shape index (κ1) is 21.5. The second-order valence-electron chi connectivity index (χ2n) is 7.73. The summed E-state index contributed by atoms with van der Waals surface area (Å²) in [4.78, 5) is 21.8. The standard InChI is InChI=1S/C23H31N3O2S/c1-3-4-5-6-7-8-9-12-18(2)15-28-23(27)26-21-14-11-10-13-19(21)25-22(26)20-16-29-17-24-20/h10-11,13-14,16-18H,3-9,12,15H2,1-2H3. The number of unbranched alkanes of at least 4 members (excludes halogenated alkanes) is 6. The molecule has 1 aromatic carbocycles. The van der Waals surface area contributed by atoms with Crippen molar-refractivity contribution in [3.8, 4) is 11.5 Å². The molecule has 3 rings (SSSR count). The molecule has 0 aliphatic heterocycles. The van der Waals surface area contributed by atoms with E-state index in [2.05, 4.69) is 23.8 Å².